The standard InChI is InChI=1S/C17H16N2O5S/c1-25(23,24)16-9-8-13(11-15(16)19(21)22)17(20)18-10-4-6-12-5-2-3-7-14(12)18/h2-3,5,7-9,11H,4,6,10H2,1H3. The second kappa shape index (κ2) is 6.29. The summed E-state index contributed by atoms with van der Waals surface area (Å²) in [6.07, 6.45) is 2.57. The summed E-state index contributed by atoms with van der Waals surface area (Å²) in [6.45, 7) is 0.511. The van der Waals surface area contributed by atoms with Crippen molar-refractivity contribution in [3.63, 3.8) is 0 Å². The molecule has 1 amide bonds. The van der Waals surface area contributed by atoms with Crippen LogP contribution in [-0.4, -0.2) is 32.0 Å². The monoisotopic (exact) mass is 360 g/mol. The minimum absolute atomic E-state index is 0.0933. The van der Waals surface area contributed by atoms with Gasteiger partial charge in [-0.05, 0) is 36.6 Å². The number of fused-ring (bicyclic) bond motifs is 1. The molecule has 130 valence electrons. The minimum Gasteiger partial charge on any atom is -0.308 e. The molecule has 3 rings (SSSR count). The number of aryl methyl sites for hydroxylation is 1. The van der Waals surface area contributed by atoms with Gasteiger partial charge in [-0.25, -0.2) is 8.42 Å². The summed E-state index contributed by atoms with van der Waals surface area (Å²) >= 11 is 0. The molecule has 0 N–H and O–H groups in total. The Kier molecular flexibility index (Phi) is 4.30. The number of sulfone groups is 1. The van der Waals surface area contributed by atoms with Crippen LogP contribution in [0.1, 0.15) is 22.3 Å². The number of carbonyl (C=O) groups excluding carboxylic acids is 1. The topological polar surface area (TPSA) is 97.6 Å². The molecule has 2 aromatic carbocycles. The van der Waals surface area contributed by atoms with Crippen molar-refractivity contribution in [3.8, 4) is 0 Å². The van der Waals surface area contributed by atoms with Crippen LogP contribution in [-0.2, 0) is 16.3 Å². The SMILES string of the molecule is CS(=O)(=O)c1ccc(C(=O)N2CCCc3ccccc32)cc1[N+](=O)[O-]. The molecule has 0 bridgehead atoms. The fourth-order valence-corrected chi connectivity index (χ4v) is 3.84. The molecule has 2 aromatic rings. The number of carbonyl (C=O) groups is 1. The van der Waals surface area contributed by atoms with Crippen LogP contribution in [0, 0.1) is 10.1 Å². The maximum atomic E-state index is 12.9. The van der Waals surface area contributed by atoms with Gasteiger partial charge in [0.2, 0.25) is 0 Å². The van der Waals surface area contributed by atoms with Crippen LogP contribution in [0.2, 0.25) is 0 Å². The van der Waals surface area contributed by atoms with Crippen molar-refractivity contribution in [2.24, 2.45) is 0 Å². The first-order valence-corrected chi connectivity index (χ1v) is 9.56. The highest BCUT2D eigenvalue weighted by Gasteiger charge is 2.28. The Balaban J connectivity index is 2.05. The molecule has 0 saturated heterocycles. The zero-order valence-corrected chi connectivity index (χ0v) is 14.3. The van der Waals surface area contributed by atoms with Gasteiger partial charge in [0, 0.05) is 30.1 Å². The lowest BCUT2D eigenvalue weighted by molar-refractivity contribution is -0.387. The lowest BCUT2D eigenvalue weighted by Gasteiger charge is -2.29. The first-order valence-electron chi connectivity index (χ1n) is 7.67. The highest BCUT2D eigenvalue weighted by molar-refractivity contribution is 7.90. The number of nitro benzene ring substituents is 1. The number of benzene rings is 2. The first-order chi connectivity index (χ1) is 11.8. The number of hydrogen-bond acceptors (Lipinski definition) is 5. The van der Waals surface area contributed by atoms with Crippen LogP contribution in [0.15, 0.2) is 47.4 Å². The highest BCUT2D eigenvalue weighted by atomic mass is 32.2. The maximum Gasteiger partial charge on any atom is 0.288 e. The van der Waals surface area contributed by atoms with E-state index in [-0.39, 0.29) is 11.5 Å². The van der Waals surface area contributed by atoms with Crippen LogP contribution in [0.3, 0.4) is 0 Å². The third-order valence-electron chi connectivity index (χ3n) is 4.16. The molecule has 7 nitrogen and oxygen atoms in total. The van der Waals surface area contributed by atoms with Crippen molar-refractivity contribution < 1.29 is 18.1 Å². The van der Waals surface area contributed by atoms with E-state index in [1.807, 2.05) is 24.3 Å². The van der Waals surface area contributed by atoms with Gasteiger partial charge in [-0.1, -0.05) is 18.2 Å². The molecule has 0 unspecified atom stereocenters. The molecule has 0 fully saturated rings. The van der Waals surface area contributed by atoms with Gasteiger partial charge in [-0.2, -0.15) is 0 Å². The predicted molar refractivity (Wildman–Crippen MR) is 92.6 cm³/mol. The molecule has 25 heavy (non-hydrogen) atoms. The van der Waals surface area contributed by atoms with E-state index in [0.717, 1.165) is 42.5 Å². The molecule has 1 aliphatic heterocycles. The first kappa shape index (κ1) is 17.1. The second-order valence-corrected chi connectivity index (χ2v) is 7.88. The number of para-hydroxylation sites is 1. The quantitative estimate of drug-likeness (QED) is 0.619. The van der Waals surface area contributed by atoms with E-state index in [2.05, 4.69) is 0 Å². The molecule has 0 aliphatic carbocycles. The van der Waals surface area contributed by atoms with Gasteiger partial charge in [0.1, 0.15) is 4.90 Å². The van der Waals surface area contributed by atoms with Crippen molar-refractivity contribution in [1.82, 2.24) is 0 Å². The summed E-state index contributed by atoms with van der Waals surface area (Å²) in [5.41, 5.74) is 1.34. The molecular formula is C17H16N2O5S. The van der Waals surface area contributed by atoms with E-state index in [1.54, 1.807) is 4.90 Å². The molecule has 1 aliphatic rings. The zero-order chi connectivity index (χ0) is 18.2. The van der Waals surface area contributed by atoms with Crippen molar-refractivity contribution in [1.29, 1.82) is 0 Å². The number of anilines is 1. The lowest BCUT2D eigenvalue weighted by atomic mass is 10.0. The Morgan fingerprint density at radius 2 is 1.92 bits per heavy atom. The van der Waals surface area contributed by atoms with Gasteiger partial charge in [0.05, 0.1) is 4.92 Å². The van der Waals surface area contributed by atoms with Crippen molar-refractivity contribution in [2.75, 3.05) is 17.7 Å². The van der Waals surface area contributed by atoms with Gasteiger partial charge in [0.15, 0.2) is 9.84 Å². The Bertz CT molecular complexity index is 969. The third-order valence-corrected chi connectivity index (χ3v) is 5.30. The zero-order valence-electron chi connectivity index (χ0n) is 13.5. The van der Waals surface area contributed by atoms with Gasteiger partial charge in [0.25, 0.3) is 11.6 Å². The van der Waals surface area contributed by atoms with Crippen LogP contribution in [0.25, 0.3) is 0 Å². The maximum absolute atomic E-state index is 12.9. The van der Waals surface area contributed by atoms with Crippen LogP contribution >= 0.6 is 0 Å². The summed E-state index contributed by atoms with van der Waals surface area (Å²) in [7, 11) is -3.76. The van der Waals surface area contributed by atoms with Crippen LogP contribution in [0.4, 0.5) is 11.4 Å². The van der Waals surface area contributed by atoms with Gasteiger partial charge in [-0.15, -0.1) is 0 Å². The lowest BCUT2D eigenvalue weighted by Crippen LogP contribution is -2.35. The summed E-state index contributed by atoms with van der Waals surface area (Å²) in [5.74, 6) is -0.379. The summed E-state index contributed by atoms with van der Waals surface area (Å²) in [4.78, 5) is 24.5. The summed E-state index contributed by atoms with van der Waals surface area (Å²) in [5, 5.41) is 11.2. The average Bonchev–Trinajstić information content (AvgIpc) is 2.59. The predicted octanol–water partition coefficient (Wildman–Crippen LogP) is 2.59. The Morgan fingerprint density at radius 1 is 1.20 bits per heavy atom. The number of hydrogen-bond donors (Lipinski definition) is 0. The number of nitro groups is 1. The van der Waals surface area contributed by atoms with E-state index in [4.69, 9.17) is 0 Å². The van der Waals surface area contributed by atoms with E-state index < -0.39 is 25.3 Å². The number of rotatable bonds is 3. The van der Waals surface area contributed by atoms with Gasteiger partial charge < -0.3 is 4.90 Å². The van der Waals surface area contributed by atoms with Crippen molar-refractivity contribution in [2.45, 2.75) is 17.7 Å². The summed E-state index contributed by atoms with van der Waals surface area (Å²) < 4.78 is 23.4. The van der Waals surface area contributed by atoms with Gasteiger partial charge in [-0.3, -0.25) is 14.9 Å². The molecule has 0 spiro atoms. The number of amides is 1. The van der Waals surface area contributed by atoms with E-state index >= 15 is 0 Å². The molecule has 0 saturated carbocycles. The van der Waals surface area contributed by atoms with Crippen LogP contribution < -0.4 is 4.90 Å². The highest BCUT2D eigenvalue weighted by Crippen LogP contribution is 2.30. The summed E-state index contributed by atoms with van der Waals surface area (Å²) in [6, 6.07) is 11.0. The second-order valence-electron chi connectivity index (χ2n) is 5.90. The molecule has 1 heterocycles. The van der Waals surface area contributed by atoms with E-state index in [0.29, 0.717) is 6.54 Å². The Hall–Kier alpha value is -2.74. The Labute approximate surface area is 145 Å². The molecule has 0 aromatic heterocycles. The normalized spacial score (nSPS) is 14.0. The largest absolute Gasteiger partial charge is 0.308 e. The van der Waals surface area contributed by atoms with Crippen LogP contribution in [0.5, 0.6) is 0 Å². The molecule has 0 radical (unpaired) electrons. The van der Waals surface area contributed by atoms with Crippen molar-refractivity contribution in [3.05, 3.63) is 63.7 Å². The minimum atomic E-state index is -3.76. The smallest absolute Gasteiger partial charge is 0.288 e. The number of nitrogens with zero attached hydrogens (tertiary/aromatic N) is 2. The van der Waals surface area contributed by atoms with Gasteiger partial charge >= 0.3 is 0 Å². The van der Waals surface area contributed by atoms with E-state index in [9.17, 15) is 23.3 Å². The Morgan fingerprint density at radius 3 is 2.60 bits per heavy atom. The molecule has 0 atom stereocenters. The third kappa shape index (κ3) is 3.25. The van der Waals surface area contributed by atoms with E-state index in [1.165, 1.54) is 6.07 Å². The molecule has 8 heteroatoms. The fraction of sp³-hybridized carbons (Fsp3) is 0.235. The van der Waals surface area contributed by atoms with Crippen molar-refractivity contribution >= 4 is 27.1 Å². The molecular weight excluding hydrogens is 344 g/mol. The fourth-order valence-electron chi connectivity index (χ4n) is 3.01. The average molecular weight is 360 g/mol.